The van der Waals surface area contributed by atoms with Gasteiger partial charge >= 0.3 is 0 Å². The Morgan fingerprint density at radius 3 is 2.19 bits per heavy atom. The van der Waals surface area contributed by atoms with E-state index in [2.05, 4.69) is 49.9 Å². The fourth-order valence-corrected chi connectivity index (χ4v) is 1.85. The second-order valence-corrected chi connectivity index (χ2v) is 7.00. The van der Waals surface area contributed by atoms with E-state index in [9.17, 15) is 4.79 Å². The summed E-state index contributed by atoms with van der Waals surface area (Å²) in [5.41, 5.74) is 0.922. The molecule has 0 aliphatic heterocycles. The molecule has 1 amide bonds. The van der Waals surface area contributed by atoms with Crippen molar-refractivity contribution in [3.8, 4) is 0 Å². The van der Waals surface area contributed by atoms with Crippen molar-refractivity contribution in [2.45, 2.75) is 58.9 Å². The number of rotatable bonds is 4. The highest BCUT2D eigenvalue weighted by Crippen LogP contribution is 2.24. The van der Waals surface area contributed by atoms with E-state index in [4.69, 9.17) is 0 Å². The molecule has 1 heterocycles. The Labute approximate surface area is 128 Å². The third-order valence-corrected chi connectivity index (χ3v) is 3.20. The van der Waals surface area contributed by atoms with Gasteiger partial charge in [0.2, 0.25) is 5.91 Å². The molecule has 0 radical (unpaired) electrons. The summed E-state index contributed by atoms with van der Waals surface area (Å²) in [6, 6.07) is 1.62. The van der Waals surface area contributed by atoms with Crippen molar-refractivity contribution in [1.82, 2.24) is 14.9 Å². The molecule has 0 saturated carbocycles. The summed E-state index contributed by atoms with van der Waals surface area (Å²) in [6.45, 7) is 12.4. The molecule has 0 unspecified atom stereocenters. The first-order chi connectivity index (χ1) is 9.52. The molecule has 0 aliphatic carbocycles. The van der Waals surface area contributed by atoms with E-state index in [0.717, 1.165) is 11.5 Å². The number of anilines is 1. The number of aromatic nitrogens is 2. The zero-order chi connectivity index (χ0) is 16.4. The second kappa shape index (κ2) is 6.41. The Kier molecular flexibility index (Phi) is 5.31. The average Bonchev–Trinajstić information content (AvgIpc) is 2.36. The third kappa shape index (κ3) is 4.69. The fraction of sp³-hybridized carbons (Fsp3) is 0.688. The van der Waals surface area contributed by atoms with Crippen molar-refractivity contribution < 1.29 is 4.79 Å². The fourth-order valence-electron chi connectivity index (χ4n) is 1.85. The number of nitrogens with zero attached hydrogens (tertiary/aromatic N) is 3. The van der Waals surface area contributed by atoms with Crippen LogP contribution in [0.3, 0.4) is 0 Å². The predicted octanol–water partition coefficient (Wildman–Crippen LogP) is 2.79. The van der Waals surface area contributed by atoms with Crippen LogP contribution >= 0.6 is 0 Å². The van der Waals surface area contributed by atoms with E-state index in [1.54, 1.807) is 19.0 Å². The Morgan fingerprint density at radius 2 is 1.76 bits per heavy atom. The number of carbonyl (C=O) groups is 1. The van der Waals surface area contributed by atoms with E-state index >= 15 is 0 Å². The van der Waals surface area contributed by atoms with Gasteiger partial charge in [0.25, 0.3) is 0 Å². The molecule has 5 nitrogen and oxygen atoms in total. The molecule has 1 rings (SSSR count). The Morgan fingerprint density at radius 1 is 1.19 bits per heavy atom. The molecule has 0 spiro atoms. The molecule has 0 saturated heterocycles. The highest BCUT2D eigenvalue weighted by atomic mass is 16.2. The smallest absolute Gasteiger partial charge is 0.244 e. The van der Waals surface area contributed by atoms with Gasteiger partial charge in [-0.2, -0.15) is 0 Å². The van der Waals surface area contributed by atoms with Crippen molar-refractivity contribution in [3.05, 3.63) is 17.6 Å². The molecular formula is C16H28N4O. The van der Waals surface area contributed by atoms with Gasteiger partial charge in [-0.25, -0.2) is 9.97 Å². The minimum Gasteiger partial charge on any atom is -0.359 e. The van der Waals surface area contributed by atoms with Gasteiger partial charge in [0, 0.05) is 31.5 Å². The largest absolute Gasteiger partial charge is 0.359 e. The molecule has 0 aliphatic rings. The number of likely N-dealkylation sites (N-methyl/N-ethyl adjacent to an activating group) is 1. The quantitative estimate of drug-likeness (QED) is 0.927. The van der Waals surface area contributed by atoms with E-state index < -0.39 is 0 Å². The van der Waals surface area contributed by atoms with E-state index in [1.807, 2.05) is 13.0 Å². The van der Waals surface area contributed by atoms with Crippen LogP contribution in [0.5, 0.6) is 0 Å². The van der Waals surface area contributed by atoms with Crippen molar-refractivity contribution in [2.24, 2.45) is 0 Å². The summed E-state index contributed by atoms with van der Waals surface area (Å²) in [5.74, 6) is 1.78. The van der Waals surface area contributed by atoms with Crippen LogP contribution in [-0.2, 0) is 10.2 Å². The molecule has 5 heteroatoms. The van der Waals surface area contributed by atoms with Gasteiger partial charge in [0.1, 0.15) is 17.7 Å². The first-order valence-corrected chi connectivity index (χ1v) is 7.39. The highest BCUT2D eigenvalue weighted by Gasteiger charge is 2.21. The van der Waals surface area contributed by atoms with Gasteiger partial charge in [-0.15, -0.1) is 0 Å². The number of nitrogens with one attached hydrogen (secondary N) is 1. The Hall–Kier alpha value is -1.65. The van der Waals surface area contributed by atoms with Crippen LogP contribution < -0.4 is 5.32 Å². The average molecular weight is 292 g/mol. The monoisotopic (exact) mass is 292 g/mol. The maximum absolute atomic E-state index is 12.0. The van der Waals surface area contributed by atoms with Gasteiger partial charge in [0.05, 0.1) is 5.69 Å². The number of carbonyl (C=O) groups excluding carboxylic acids is 1. The normalized spacial score (nSPS) is 13.2. The molecule has 1 aromatic rings. The molecule has 1 aromatic heterocycles. The van der Waals surface area contributed by atoms with E-state index in [0.29, 0.717) is 5.82 Å². The lowest BCUT2D eigenvalue weighted by Crippen LogP contribution is -2.37. The van der Waals surface area contributed by atoms with Crippen LogP contribution in [0.2, 0.25) is 0 Å². The summed E-state index contributed by atoms with van der Waals surface area (Å²) in [5, 5.41) is 3.19. The highest BCUT2D eigenvalue weighted by molar-refractivity contribution is 5.83. The van der Waals surface area contributed by atoms with Gasteiger partial charge in [-0.3, -0.25) is 4.79 Å². The maximum atomic E-state index is 12.0. The molecule has 118 valence electrons. The summed E-state index contributed by atoms with van der Waals surface area (Å²) < 4.78 is 0. The van der Waals surface area contributed by atoms with Crippen LogP contribution in [0.4, 0.5) is 5.82 Å². The minimum absolute atomic E-state index is 0.0250. The maximum Gasteiger partial charge on any atom is 0.244 e. The molecule has 0 aromatic carbocycles. The molecule has 1 N–H and O–H groups in total. The predicted molar refractivity (Wildman–Crippen MR) is 86.6 cm³/mol. The van der Waals surface area contributed by atoms with Crippen LogP contribution in [0.25, 0.3) is 0 Å². The van der Waals surface area contributed by atoms with Crippen molar-refractivity contribution >= 4 is 11.7 Å². The zero-order valence-electron chi connectivity index (χ0n) is 14.5. The van der Waals surface area contributed by atoms with Gasteiger partial charge in [0.15, 0.2) is 0 Å². The summed E-state index contributed by atoms with van der Waals surface area (Å²) in [7, 11) is 3.50. The molecule has 0 fully saturated rings. The van der Waals surface area contributed by atoms with E-state index in [1.165, 1.54) is 0 Å². The second-order valence-electron chi connectivity index (χ2n) is 7.00. The van der Waals surface area contributed by atoms with Crippen LogP contribution in [0.1, 0.15) is 59.0 Å². The molecular weight excluding hydrogens is 264 g/mol. The lowest BCUT2D eigenvalue weighted by Gasteiger charge is -2.23. The molecule has 21 heavy (non-hydrogen) atoms. The number of hydrogen-bond acceptors (Lipinski definition) is 4. The lowest BCUT2D eigenvalue weighted by molar-refractivity contribution is -0.129. The summed E-state index contributed by atoms with van der Waals surface area (Å²) >= 11 is 0. The van der Waals surface area contributed by atoms with E-state index in [-0.39, 0.29) is 23.3 Å². The minimum atomic E-state index is -0.317. The zero-order valence-corrected chi connectivity index (χ0v) is 14.5. The number of hydrogen-bond donors (Lipinski definition) is 1. The lowest BCUT2D eigenvalue weighted by atomic mass is 9.91. The summed E-state index contributed by atoms with van der Waals surface area (Å²) in [4.78, 5) is 22.7. The first-order valence-electron chi connectivity index (χ1n) is 7.39. The third-order valence-electron chi connectivity index (χ3n) is 3.20. The van der Waals surface area contributed by atoms with Gasteiger partial charge in [-0.1, -0.05) is 34.6 Å². The van der Waals surface area contributed by atoms with Crippen molar-refractivity contribution in [3.63, 3.8) is 0 Å². The molecule has 1 atom stereocenters. The Bertz CT molecular complexity index is 503. The van der Waals surface area contributed by atoms with Gasteiger partial charge in [-0.05, 0) is 6.92 Å². The van der Waals surface area contributed by atoms with Gasteiger partial charge < -0.3 is 10.2 Å². The van der Waals surface area contributed by atoms with Crippen molar-refractivity contribution in [2.75, 3.05) is 19.4 Å². The standard InChI is InChI=1S/C16H28N4O/c1-10(2)14-18-12(16(4,5)6)9-13(19-14)17-11(3)15(21)20(7)8/h9-11H,1-8H3,(H,17,18,19)/t11-/m0/s1. The van der Waals surface area contributed by atoms with Crippen LogP contribution in [0, 0.1) is 0 Å². The van der Waals surface area contributed by atoms with Crippen LogP contribution in [-0.4, -0.2) is 40.9 Å². The molecule has 0 bridgehead atoms. The topological polar surface area (TPSA) is 58.1 Å². The van der Waals surface area contributed by atoms with Crippen LogP contribution in [0.15, 0.2) is 6.07 Å². The Balaban J connectivity index is 3.12. The van der Waals surface area contributed by atoms with Crippen molar-refractivity contribution in [1.29, 1.82) is 0 Å². The SMILES string of the molecule is CC(C)c1nc(N[C@@H](C)C(=O)N(C)C)cc(C(C)(C)C)n1. The number of amides is 1. The summed E-state index contributed by atoms with van der Waals surface area (Å²) in [6.07, 6.45) is 0. The first kappa shape index (κ1) is 17.4.